The van der Waals surface area contributed by atoms with Gasteiger partial charge in [-0.3, -0.25) is 9.59 Å². The van der Waals surface area contributed by atoms with Crippen molar-refractivity contribution in [3.05, 3.63) is 12.1 Å². The van der Waals surface area contributed by atoms with Gasteiger partial charge in [0.25, 0.3) is 0 Å². The smallest absolute Gasteiger partial charge is 0.326 e. The molecular formula is C19H24N2O7. The summed E-state index contributed by atoms with van der Waals surface area (Å²) in [5.41, 5.74) is 0.533. The summed E-state index contributed by atoms with van der Waals surface area (Å²) in [4.78, 5) is 39.7. The van der Waals surface area contributed by atoms with Crippen LogP contribution in [0.5, 0.6) is 17.2 Å². The molecule has 9 heteroatoms. The van der Waals surface area contributed by atoms with E-state index in [1.54, 1.807) is 12.1 Å². The number of likely N-dealkylation sites (tertiary alicyclic amines) is 1. The molecule has 0 radical (unpaired) electrons. The maximum absolute atomic E-state index is 12.8. The Balaban J connectivity index is 1.83. The van der Waals surface area contributed by atoms with E-state index < -0.39 is 17.9 Å². The number of carbonyl (C=O) groups is 3. The molecule has 0 bridgehead atoms. The first kappa shape index (κ1) is 19.8. The number of carboxylic acid groups (broad SMARTS) is 1. The van der Waals surface area contributed by atoms with Crippen molar-refractivity contribution in [2.75, 3.05) is 39.3 Å². The van der Waals surface area contributed by atoms with E-state index in [2.05, 4.69) is 0 Å². The first-order valence-electron chi connectivity index (χ1n) is 9.04. The molecule has 152 valence electrons. The minimum atomic E-state index is -1.00. The van der Waals surface area contributed by atoms with Crippen LogP contribution in [0.25, 0.3) is 0 Å². The van der Waals surface area contributed by atoms with Crippen LogP contribution in [0.2, 0.25) is 0 Å². The van der Waals surface area contributed by atoms with Gasteiger partial charge in [0, 0.05) is 31.6 Å². The quantitative estimate of drug-likeness (QED) is 0.774. The molecule has 2 aliphatic rings. The normalized spacial score (nSPS) is 21.8. The second-order valence-corrected chi connectivity index (χ2v) is 6.82. The van der Waals surface area contributed by atoms with E-state index in [0.717, 1.165) is 0 Å². The second-order valence-electron chi connectivity index (χ2n) is 6.82. The number of carbonyl (C=O) groups excluding carboxylic acids is 2. The number of aliphatic carboxylic acids is 1. The molecule has 28 heavy (non-hydrogen) atoms. The highest BCUT2D eigenvalue weighted by Crippen LogP contribution is 2.42. The van der Waals surface area contributed by atoms with E-state index in [1.807, 2.05) is 0 Å². The SMILES string of the molecule is COc1cc(N2CC(C(=O)N3CCC[C@@H]3C(=O)O)CC2=O)cc(OC)c1OC. The number of hydrogen-bond donors (Lipinski definition) is 1. The molecule has 3 rings (SSSR count). The maximum atomic E-state index is 12.8. The Hall–Kier alpha value is -2.97. The molecular weight excluding hydrogens is 368 g/mol. The second kappa shape index (κ2) is 7.95. The first-order chi connectivity index (χ1) is 13.4. The van der Waals surface area contributed by atoms with Crippen molar-refractivity contribution >= 4 is 23.5 Å². The van der Waals surface area contributed by atoms with Crippen molar-refractivity contribution in [1.29, 1.82) is 0 Å². The molecule has 1 N–H and O–H groups in total. The Morgan fingerprint density at radius 1 is 1.11 bits per heavy atom. The molecule has 0 aromatic heterocycles. The fraction of sp³-hybridized carbons (Fsp3) is 0.526. The number of ether oxygens (including phenoxy) is 3. The predicted octanol–water partition coefficient (Wildman–Crippen LogP) is 1.14. The number of methoxy groups -OCH3 is 3. The summed E-state index contributed by atoms with van der Waals surface area (Å²) in [6, 6.07) is 2.50. The number of nitrogens with zero attached hydrogens (tertiary/aromatic N) is 2. The summed E-state index contributed by atoms with van der Waals surface area (Å²) in [5.74, 6) is -0.848. The zero-order chi connectivity index (χ0) is 20.4. The Morgan fingerprint density at radius 3 is 2.29 bits per heavy atom. The van der Waals surface area contributed by atoms with Gasteiger partial charge in [-0.2, -0.15) is 0 Å². The molecule has 2 atom stereocenters. The van der Waals surface area contributed by atoms with Crippen LogP contribution in [-0.2, 0) is 14.4 Å². The van der Waals surface area contributed by atoms with Gasteiger partial charge in [-0.25, -0.2) is 4.79 Å². The Labute approximate surface area is 162 Å². The lowest BCUT2D eigenvalue weighted by molar-refractivity contribution is -0.149. The van der Waals surface area contributed by atoms with Crippen molar-refractivity contribution in [1.82, 2.24) is 4.90 Å². The molecule has 9 nitrogen and oxygen atoms in total. The summed E-state index contributed by atoms with van der Waals surface area (Å²) in [6.45, 7) is 0.587. The van der Waals surface area contributed by atoms with E-state index in [1.165, 1.54) is 31.1 Å². The molecule has 2 fully saturated rings. The van der Waals surface area contributed by atoms with Crippen LogP contribution in [0.4, 0.5) is 5.69 Å². The Kier molecular flexibility index (Phi) is 5.62. The summed E-state index contributed by atoms with van der Waals surface area (Å²) in [7, 11) is 4.46. The highest BCUT2D eigenvalue weighted by molar-refractivity contribution is 6.01. The van der Waals surface area contributed by atoms with E-state index in [4.69, 9.17) is 14.2 Å². The van der Waals surface area contributed by atoms with Gasteiger partial charge in [-0.1, -0.05) is 0 Å². The molecule has 0 aliphatic carbocycles. The van der Waals surface area contributed by atoms with Crippen LogP contribution in [-0.4, -0.2) is 68.3 Å². The molecule has 2 heterocycles. The minimum absolute atomic E-state index is 0.0400. The lowest BCUT2D eigenvalue weighted by Gasteiger charge is -2.25. The third-order valence-electron chi connectivity index (χ3n) is 5.26. The monoisotopic (exact) mass is 392 g/mol. The highest BCUT2D eigenvalue weighted by atomic mass is 16.5. The third-order valence-corrected chi connectivity index (χ3v) is 5.26. The number of benzene rings is 1. The Morgan fingerprint density at radius 2 is 1.75 bits per heavy atom. The zero-order valence-electron chi connectivity index (χ0n) is 16.1. The topological polar surface area (TPSA) is 106 Å². The van der Waals surface area contributed by atoms with Gasteiger partial charge >= 0.3 is 5.97 Å². The van der Waals surface area contributed by atoms with Crippen LogP contribution < -0.4 is 19.1 Å². The van der Waals surface area contributed by atoms with E-state index >= 15 is 0 Å². The third kappa shape index (κ3) is 3.44. The van der Waals surface area contributed by atoms with Crippen molar-refractivity contribution in [2.45, 2.75) is 25.3 Å². The van der Waals surface area contributed by atoms with E-state index in [0.29, 0.717) is 42.3 Å². The average Bonchev–Trinajstić information content (AvgIpc) is 3.33. The van der Waals surface area contributed by atoms with Crippen LogP contribution in [0, 0.1) is 5.92 Å². The summed E-state index contributed by atoms with van der Waals surface area (Å²) >= 11 is 0. The fourth-order valence-electron chi connectivity index (χ4n) is 3.87. The molecule has 1 unspecified atom stereocenters. The van der Waals surface area contributed by atoms with Gasteiger partial charge in [0.2, 0.25) is 17.6 Å². The number of carboxylic acids is 1. The average molecular weight is 392 g/mol. The van der Waals surface area contributed by atoms with Crippen molar-refractivity contribution in [2.24, 2.45) is 5.92 Å². The fourth-order valence-corrected chi connectivity index (χ4v) is 3.87. The molecule has 1 aromatic carbocycles. The van der Waals surface area contributed by atoms with Crippen molar-refractivity contribution in [3.8, 4) is 17.2 Å². The zero-order valence-corrected chi connectivity index (χ0v) is 16.1. The highest BCUT2D eigenvalue weighted by Gasteiger charge is 2.42. The standard InChI is InChI=1S/C19H24N2O7/c1-26-14-8-12(9-15(27-2)17(14)28-3)21-10-11(7-16(21)22)18(23)20-6-4-5-13(20)19(24)25/h8-9,11,13H,4-7,10H2,1-3H3,(H,24,25)/t11?,13-/m1/s1. The van der Waals surface area contributed by atoms with Crippen molar-refractivity contribution < 1.29 is 33.7 Å². The van der Waals surface area contributed by atoms with Crippen LogP contribution in [0.15, 0.2) is 12.1 Å². The summed E-state index contributed by atoms with van der Waals surface area (Å²) in [5, 5.41) is 9.31. The number of anilines is 1. The number of rotatable bonds is 6. The van der Waals surface area contributed by atoms with E-state index in [9.17, 15) is 19.5 Å². The van der Waals surface area contributed by atoms with Crippen LogP contribution in [0.3, 0.4) is 0 Å². The number of amides is 2. The molecule has 2 saturated heterocycles. The minimum Gasteiger partial charge on any atom is -0.493 e. The largest absolute Gasteiger partial charge is 0.493 e. The lowest BCUT2D eigenvalue weighted by Crippen LogP contribution is -2.44. The number of hydrogen-bond acceptors (Lipinski definition) is 6. The Bertz CT molecular complexity index is 769. The van der Waals surface area contributed by atoms with Gasteiger partial charge in [0.1, 0.15) is 6.04 Å². The molecule has 0 spiro atoms. The molecule has 2 amide bonds. The van der Waals surface area contributed by atoms with Gasteiger partial charge < -0.3 is 29.1 Å². The molecule has 2 aliphatic heterocycles. The van der Waals surface area contributed by atoms with Gasteiger partial charge in [-0.05, 0) is 12.8 Å². The maximum Gasteiger partial charge on any atom is 0.326 e. The van der Waals surface area contributed by atoms with Gasteiger partial charge in [-0.15, -0.1) is 0 Å². The summed E-state index contributed by atoms with van der Waals surface area (Å²) in [6.07, 6.45) is 1.14. The predicted molar refractivity (Wildman–Crippen MR) is 98.9 cm³/mol. The van der Waals surface area contributed by atoms with E-state index in [-0.39, 0.29) is 24.8 Å². The molecule has 1 aromatic rings. The van der Waals surface area contributed by atoms with Crippen molar-refractivity contribution in [3.63, 3.8) is 0 Å². The van der Waals surface area contributed by atoms with Gasteiger partial charge in [0.05, 0.1) is 32.9 Å². The molecule has 0 saturated carbocycles. The lowest BCUT2D eigenvalue weighted by atomic mass is 10.1. The first-order valence-corrected chi connectivity index (χ1v) is 9.04. The van der Waals surface area contributed by atoms with Crippen LogP contribution in [0.1, 0.15) is 19.3 Å². The summed E-state index contributed by atoms with van der Waals surface area (Å²) < 4.78 is 15.9. The van der Waals surface area contributed by atoms with Crippen LogP contribution >= 0.6 is 0 Å². The van der Waals surface area contributed by atoms with Gasteiger partial charge in [0.15, 0.2) is 11.5 Å².